The zero-order chi connectivity index (χ0) is 16.2. The molecule has 0 atom stereocenters. The van der Waals surface area contributed by atoms with Gasteiger partial charge in [-0.3, -0.25) is 4.79 Å². The molecule has 0 fully saturated rings. The second-order valence-corrected chi connectivity index (χ2v) is 6.11. The topological polar surface area (TPSA) is 47.8 Å². The second-order valence-electron chi connectivity index (χ2n) is 4.76. The van der Waals surface area contributed by atoms with Crippen LogP contribution < -0.4 is 0 Å². The zero-order valence-electron chi connectivity index (χ0n) is 11.9. The highest BCUT2D eigenvalue weighted by Gasteiger charge is 2.15. The van der Waals surface area contributed by atoms with E-state index < -0.39 is 0 Å². The second kappa shape index (κ2) is 6.89. The maximum atomic E-state index is 12.8. The molecule has 0 unspecified atom stereocenters. The molecule has 0 saturated carbocycles. The van der Waals surface area contributed by atoms with E-state index in [2.05, 4.69) is 26.0 Å². The number of carbonyl (C=O) groups excluding carboxylic acids is 1. The average molecular weight is 389 g/mol. The Hall–Kier alpha value is -2.24. The van der Waals surface area contributed by atoms with Gasteiger partial charge in [-0.2, -0.15) is 5.10 Å². The van der Waals surface area contributed by atoms with Gasteiger partial charge in [-0.05, 0) is 48.0 Å². The molecule has 0 radical (unpaired) electrons. The lowest BCUT2D eigenvalue weighted by Crippen LogP contribution is -2.10. The predicted molar refractivity (Wildman–Crippen MR) is 94.1 cm³/mol. The van der Waals surface area contributed by atoms with Crippen LogP contribution in [0.4, 0.5) is 0 Å². The molecule has 0 aliphatic rings. The van der Waals surface area contributed by atoms with E-state index in [-0.39, 0.29) is 5.78 Å². The Morgan fingerprint density at radius 3 is 2.61 bits per heavy atom. The summed E-state index contributed by atoms with van der Waals surface area (Å²) >= 11 is 9.31. The Labute approximate surface area is 146 Å². The number of carbonyl (C=O) groups is 1. The van der Waals surface area contributed by atoms with Gasteiger partial charge in [0.25, 0.3) is 0 Å². The molecule has 0 amide bonds. The highest BCUT2D eigenvalue weighted by Crippen LogP contribution is 2.20. The molecule has 23 heavy (non-hydrogen) atoms. The number of benzene rings is 2. The summed E-state index contributed by atoms with van der Waals surface area (Å²) in [6, 6.07) is 14.4. The van der Waals surface area contributed by atoms with E-state index in [9.17, 15) is 4.79 Å². The van der Waals surface area contributed by atoms with Crippen LogP contribution in [0.3, 0.4) is 0 Å². The van der Waals surface area contributed by atoms with Gasteiger partial charge in [-0.15, -0.1) is 0 Å². The minimum atomic E-state index is -0.160. The fraction of sp³-hybridized carbons (Fsp3) is 0. The summed E-state index contributed by atoms with van der Waals surface area (Å²) in [5.74, 6) is -0.160. The molecule has 6 heteroatoms. The van der Waals surface area contributed by atoms with E-state index in [1.807, 2.05) is 24.3 Å². The van der Waals surface area contributed by atoms with E-state index in [1.54, 1.807) is 30.3 Å². The normalized spacial score (nSPS) is 11.5. The summed E-state index contributed by atoms with van der Waals surface area (Å²) < 4.78 is 2.39. The molecule has 4 nitrogen and oxygen atoms in total. The summed E-state index contributed by atoms with van der Waals surface area (Å²) in [5, 5.41) is 4.66. The van der Waals surface area contributed by atoms with E-state index in [1.165, 1.54) is 17.3 Å². The SMILES string of the molecule is O=C(/C(=C/c1cccc(Br)c1)n1cncn1)c1ccc(Cl)cc1. The van der Waals surface area contributed by atoms with Crippen molar-refractivity contribution in [3.63, 3.8) is 0 Å². The fourth-order valence-corrected chi connectivity index (χ4v) is 2.61. The standard InChI is InChI=1S/C17H11BrClN3O/c18-14-3-1-2-12(8-14)9-16(22-11-20-10-21-22)17(23)13-4-6-15(19)7-5-13/h1-11H/b16-9-. The quantitative estimate of drug-likeness (QED) is 0.486. The molecule has 2 aromatic carbocycles. The van der Waals surface area contributed by atoms with Crippen molar-refractivity contribution in [2.45, 2.75) is 0 Å². The summed E-state index contributed by atoms with van der Waals surface area (Å²) in [6.45, 7) is 0. The number of rotatable bonds is 4. The maximum Gasteiger partial charge on any atom is 0.211 e. The minimum Gasteiger partial charge on any atom is -0.287 e. The van der Waals surface area contributed by atoms with Crippen molar-refractivity contribution in [1.82, 2.24) is 14.8 Å². The molecule has 0 saturated heterocycles. The van der Waals surface area contributed by atoms with Gasteiger partial charge < -0.3 is 0 Å². The molecule has 1 aromatic heterocycles. The summed E-state index contributed by atoms with van der Waals surface area (Å²) in [5.41, 5.74) is 1.82. The van der Waals surface area contributed by atoms with Gasteiger partial charge in [0.15, 0.2) is 0 Å². The lowest BCUT2D eigenvalue weighted by molar-refractivity contribution is 0.105. The van der Waals surface area contributed by atoms with Crippen LogP contribution >= 0.6 is 27.5 Å². The van der Waals surface area contributed by atoms with E-state index in [0.29, 0.717) is 16.3 Å². The molecular weight excluding hydrogens is 378 g/mol. The number of ketones is 1. The van der Waals surface area contributed by atoms with E-state index in [0.717, 1.165) is 10.0 Å². The van der Waals surface area contributed by atoms with Crippen molar-refractivity contribution in [1.29, 1.82) is 0 Å². The number of Topliss-reactive ketones (excluding diaryl/α,β-unsaturated/α-hetero) is 1. The molecule has 1 heterocycles. The molecular formula is C17H11BrClN3O. The first-order valence-corrected chi connectivity index (χ1v) is 7.93. The van der Waals surface area contributed by atoms with Crippen molar-refractivity contribution in [2.24, 2.45) is 0 Å². The van der Waals surface area contributed by atoms with Crippen LogP contribution in [-0.2, 0) is 0 Å². The van der Waals surface area contributed by atoms with Crippen LogP contribution in [0.5, 0.6) is 0 Å². The minimum absolute atomic E-state index is 0.160. The first-order chi connectivity index (χ1) is 11.1. The Balaban J connectivity index is 2.06. The van der Waals surface area contributed by atoms with Crippen LogP contribution in [0.15, 0.2) is 65.7 Å². The fourth-order valence-electron chi connectivity index (χ4n) is 2.07. The van der Waals surface area contributed by atoms with E-state index in [4.69, 9.17) is 11.6 Å². The van der Waals surface area contributed by atoms with Crippen LogP contribution in [-0.4, -0.2) is 20.5 Å². The lowest BCUT2D eigenvalue weighted by Gasteiger charge is -2.07. The Morgan fingerprint density at radius 1 is 1.17 bits per heavy atom. The molecule has 3 rings (SSSR count). The largest absolute Gasteiger partial charge is 0.287 e. The van der Waals surface area contributed by atoms with Crippen LogP contribution in [0.25, 0.3) is 11.8 Å². The molecule has 0 aliphatic heterocycles. The molecule has 0 N–H and O–H groups in total. The molecule has 0 aliphatic carbocycles. The van der Waals surface area contributed by atoms with Gasteiger partial charge in [-0.1, -0.05) is 39.7 Å². The summed E-state index contributed by atoms with van der Waals surface area (Å²) in [4.78, 5) is 16.8. The maximum absolute atomic E-state index is 12.8. The highest BCUT2D eigenvalue weighted by atomic mass is 79.9. The predicted octanol–water partition coefficient (Wildman–Crippen LogP) is 4.58. The average Bonchev–Trinajstić information content (AvgIpc) is 3.07. The Bertz CT molecular complexity index is 858. The zero-order valence-corrected chi connectivity index (χ0v) is 14.2. The van der Waals surface area contributed by atoms with Crippen LogP contribution in [0, 0.1) is 0 Å². The number of halogens is 2. The summed E-state index contributed by atoms with van der Waals surface area (Å²) in [7, 11) is 0. The van der Waals surface area contributed by atoms with Gasteiger partial charge >= 0.3 is 0 Å². The van der Waals surface area contributed by atoms with Crippen LogP contribution in [0.2, 0.25) is 5.02 Å². The van der Waals surface area contributed by atoms with Crippen molar-refractivity contribution in [2.75, 3.05) is 0 Å². The van der Waals surface area contributed by atoms with Crippen molar-refractivity contribution >= 4 is 45.1 Å². The van der Waals surface area contributed by atoms with Crippen molar-refractivity contribution in [3.8, 4) is 0 Å². The van der Waals surface area contributed by atoms with Crippen molar-refractivity contribution < 1.29 is 4.79 Å². The number of hydrogen-bond donors (Lipinski definition) is 0. The third kappa shape index (κ3) is 3.75. The van der Waals surface area contributed by atoms with Crippen LogP contribution in [0.1, 0.15) is 15.9 Å². The monoisotopic (exact) mass is 387 g/mol. The van der Waals surface area contributed by atoms with E-state index >= 15 is 0 Å². The molecule has 0 spiro atoms. The van der Waals surface area contributed by atoms with Gasteiger partial charge in [0.2, 0.25) is 5.78 Å². The lowest BCUT2D eigenvalue weighted by atomic mass is 10.1. The number of allylic oxidation sites excluding steroid dienone is 1. The molecule has 3 aromatic rings. The Morgan fingerprint density at radius 2 is 1.96 bits per heavy atom. The number of hydrogen-bond acceptors (Lipinski definition) is 3. The molecule has 0 bridgehead atoms. The first-order valence-electron chi connectivity index (χ1n) is 6.76. The third-order valence-electron chi connectivity index (χ3n) is 3.16. The highest BCUT2D eigenvalue weighted by molar-refractivity contribution is 9.10. The Kier molecular flexibility index (Phi) is 4.69. The third-order valence-corrected chi connectivity index (χ3v) is 3.90. The number of aromatic nitrogens is 3. The smallest absolute Gasteiger partial charge is 0.211 e. The summed E-state index contributed by atoms with van der Waals surface area (Å²) in [6.07, 6.45) is 4.66. The first kappa shape index (κ1) is 15.6. The van der Waals surface area contributed by atoms with Gasteiger partial charge in [0.05, 0.1) is 0 Å². The number of nitrogens with zero attached hydrogens (tertiary/aromatic N) is 3. The van der Waals surface area contributed by atoms with Gasteiger partial charge in [0, 0.05) is 15.1 Å². The van der Waals surface area contributed by atoms with Gasteiger partial charge in [-0.25, -0.2) is 9.67 Å². The van der Waals surface area contributed by atoms with Crippen molar-refractivity contribution in [3.05, 3.63) is 81.8 Å². The van der Waals surface area contributed by atoms with Gasteiger partial charge in [0.1, 0.15) is 18.4 Å². The molecule has 114 valence electrons.